The lowest BCUT2D eigenvalue weighted by atomic mass is 10.1. The van der Waals surface area contributed by atoms with Crippen molar-refractivity contribution in [2.75, 3.05) is 39.9 Å². The molecule has 1 aromatic rings. The first kappa shape index (κ1) is 19.4. The zero-order valence-corrected chi connectivity index (χ0v) is 15.5. The Morgan fingerprint density at radius 3 is 2.50 bits per heavy atom. The number of esters is 1. The summed E-state index contributed by atoms with van der Waals surface area (Å²) >= 11 is 0. The first-order chi connectivity index (χ1) is 10.2. The van der Waals surface area contributed by atoms with Crippen molar-refractivity contribution in [2.24, 2.45) is 0 Å². The Balaban J connectivity index is 0.00000242. The molecule has 1 heterocycles. The van der Waals surface area contributed by atoms with Crippen molar-refractivity contribution in [3.8, 4) is 0 Å². The molecule has 0 aromatic heterocycles. The van der Waals surface area contributed by atoms with E-state index >= 15 is 0 Å². The van der Waals surface area contributed by atoms with Crippen LogP contribution in [-0.4, -0.2) is 50.3 Å². The topological polar surface area (TPSA) is 35.5 Å². The van der Waals surface area contributed by atoms with Crippen molar-refractivity contribution in [3.63, 3.8) is 0 Å². The number of ether oxygens (including phenoxy) is 2. The van der Waals surface area contributed by atoms with E-state index in [2.05, 4.69) is 7.05 Å². The van der Waals surface area contributed by atoms with Gasteiger partial charge in [0.25, 0.3) is 0 Å². The van der Waals surface area contributed by atoms with Gasteiger partial charge < -0.3 is 37.9 Å². The van der Waals surface area contributed by atoms with E-state index in [1.165, 1.54) is 32.4 Å². The fraction of sp³-hybridized carbons (Fsp3) is 0.588. The Bertz CT molecular complexity index is 433. The summed E-state index contributed by atoms with van der Waals surface area (Å²) in [6.07, 6.45) is 3.90. The second-order valence-electron chi connectivity index (χ2n) is 6.05. The summed E-state index contributed by atoms with van der Waals surface area (Å²) in [6, 6.07) is 9.83. The Labute approximate surface area is 150 Å². The summed E-state index contributed by atoms with van der Waals surface area (Å²) < 4.78 is 11.7. The van der Waals surface area contributed by atoms with Crippen LogP contribution in [0.3, 0.4) is 0 Å². The number of carbonyl (C=O) groups excluding carboxylic acids is 1. The van der Waals surface area contributed by atoms with Crippen LogP contribution in [0.2, 0.25) is 0 Å². The molecule has 5 heteroatoms. The molecule has 1 aliphatic heterocycles. The molecule has 0 atom stereocenters. The lowest BCUT2D eigenvalue weighted by molar-refractivity contribution is -0.914. The van der Waals surface area contributed by atoms with Crippen molar-refractivity contribution in [1.82, 2.24) is 0 Å². The van der Waals surface area contributed by atoms with Crippen LogP contribution in [0.1, 0.15) is 24.8 Å². The number of quaternary nitrogens is 1. The highest BCUT2D eigenvalue weighted by Crippen LogP contribution is 2.15. The third-order valence-corrected chi connectivity index (χ3v) is 4.12. The third kappa shape index (κ3) is 7.07. The highest BCUT2D eigenvalue weighted by Gasteiger charge is 2.24. The summed E-state index contributed by atoms with van der Waals surface area (Å²) in [5, 5.41) is 0. The molecule has 0 aliphatic carbocycles. The molecule has 0 N–H and O–H groups in total. The van der Waals surface area contributed by atoms with Gasteiger partial charge in [-0.3, -0.25) is 0 Å². The van der Waals surface area contributed by atoms with Gasteiger partial charge in [-0.1, -0.05) is 30.3 Å². The molecule has 0 saturated carbocycles. The number of likely N-dealkylation sites (N-methyl/N-ethyl adjacent to an activating group) is 1. The number of hydrogen-bond acceptors (Lipinski definition) is 3. The van der Waals surface area contributed by atoms with Gasteiger partial charge in [0.05, 0.1) is 26.7 Å². The van der Waals surface area contributed by atoms with Crippen LogP contribution < -0.4 is 24.0 Å². The average molecular weight is 419 g/mol. The van der Waals surface area contributed by atoms with Gasteiger partial charge in [-0.05, 0) is 24.8 Å². The SMILES string of the molecule is C[N+]1(CCOC(=O)COCc2ccccc2)CCCCC1.[I-]. The highest BCUT2D eigenvalue weighted by atomic mass is 127. The minimum atomic E-state index is -0.269. The first-order valence-electron chi connectivity index (χ1n) is 7.79. The molecule has 0 spiro atoms. The van der Waals surface area contributed by atoms with Crippen LogP contribution >= 0.6 is 0 Å². The van der Waals surface area contributed by atoms with Crippen LogP contribution in [0.25, 0.3) is 0 Å². The molecular formula is C17H26INO3. The van der Waals surface area contributed by atoms with Crippen LogP contribution in [-0.2, 0) is 20.9 Å². The quantitative estimate of drug-likeness (QED) is 0.336. The number of likely N-dealkylation sites (tertiary alicyclic amines) is 1. The molecule has 0 radical (unpaired) electrons. The molecular weight excluding hydrogens is 393 g/mol. The van der Waals surface area contributed by atoms with Gasteiger partial charge in [0.15, 0.2) is 0 Å². The number of hydrogen-bond donors (Lipinski definition) is 0. The van der Waals surface area contributed by atoms with Gasteiger partial charge in [0.2, 0.25) is 0 Å². The lowest BCUT2D eigenvalue weighted by Gasteiger charge is -2.37. The molecule has 1 fully saturated rings. The Morgan fingerprint density at radius 1 is 1.14 bits per heavy atom. The van der Waals surface area contributed by atoms with E-state index in [4.69, 9.17) is 9.47 Å². The molecule has 1 aliphatic rings. The van der Waals surface area contributed by atoms with Gasteiger partial charge in [-0.25, -0.2) is 4.79 Å². The fourth-order valence-electron chi connectivity index (χ4n) is 2.75. The maximum atomic E-state index is 11.6. The number of piperidine rings is 1. The molecule has 1 aromatic carbocycles. The lowest BCUT2D eigenvalue weighted by Crippen LogP contribution is -3.00. The Morgan fingerprint density at radius 2 is 1.82 bits per heavy atom. The zero-order chi connectivity index (χ0) is 15.0. The summed E-state index contributed by atoms with van der Waals surface area (Å²) in [5.41, 5.74) is 1.07. The van der Waals surface area contributed by atoms with Crippen molar-refractivity contribution in [3.05, 3.63) is 35.9 Å². The molecule has 4 nitrogen and oxygen atoms in total. The molecule has 0 amide bonds. The molecule has 0 unspecified atom stereocenters. The molecule has 22 heavy (non-hydrogen) atoms. The van der Waals surface area contributed by atoms with Crippen molar-refractivity contribution >= 4 is 5.97 Å². The maximum absolute atomic E-state index is 11.6. The minimum Gasteiger partial charge on any atom is -1.00 e. The van der Waals surface area contributed by atoms with E-state index < -0.39 is 0 Å². The van der Waals surface area contributed by atoms with Crippen LogP contribution in [0, 0.1) is 0 Å². The van der Waals surface area contributed by atoms with E-state index in [0.717, 1.165) is 16.6 Å². The maximum Gasteiger partial charge on any atom is 0.332 e. The van der Waals surface area contributed by atoms with Gasteiger partial charge in [0.1, 0.15) is 19.8 Å². The summed E-state index contributed by atoms with van der Waals surface area (Å²) in [7, 11) is 2.25. The van der Waals surface area contributed by atoms with Gasteiger partial charge in [-0.2, -0.15) is 0 Å². The predicted molar refractivity (Wildman–Crippen MR) is 81.7 cm³/mol. The van der Waals surface area contributed by atoms with Crippen LogP contribution in [0.5, 0.6) is 0 Å². The molecule has 124 valence electrons. The summed E-state index contributed by atoms with van der Waals surface area (Å²) in [5.74, 6) is -0.269. The van der Waals surface area contributed by atoms with Crippen molar-refractivity contribution in [1.29, 1.82) is 0 Å². The molecule has 2 rings (SSSR count). The van der Waals surface area contributed by atoms with Gasteiger partial charge in [-0.15, -0.1) is 0 Å². The van der Waals surface area contributed by atoms with E-state index in [9.17, 15) is 4.79 Å². The first-order valence-corrected chi connectivity index (χ1v) is 7.79. The van der Waals surface area contributed by atoms with E-state index in [1.54, 1.807) is 0 Å². The number of carbonyl (C=O) groups is 1. The fourth-order valence-corrected chi connectivity index (χ4v) is 2.75. The second kappa shape index (κ2) is 10.2. The van der Waals surface area contributed by atoms with Crippen molar-refractivity contribution < 1.29 is 42.7 Å². The van der Waals surface area contributed by atoms with Gasteiger partial charge >= 0.3 is 5.97 Å². The van der Waals surface area contributed by atoms with Crippen LogP contribution in [0.15, 0.2) is 30.3 Å². The highest BCUT2D eigenvalue weighted by molar-refractivity contribution is 5.70. The van der Waals surface area contributed by atoms with Crippen LogP contribution in [0.4, 0.5) is 0 Å². The smallest absolute Gasteiger partial charge is 0.332 e. The number of rotatable bonds is 7. The average Bonchev–Trinajstić information content (AvgIpc) is 2.49. The number of halogens is 1. The molecule has 1 saturated heterocycles. The van der Waals surface area contributed by atoms with E-state index in [0.29, 0.717) is 13.2 Å². The summed E-state index contributed by atoms with van der Waals surface area (Å²) in [6.45, 7) is 4.26. The second-order valence-corrected chi connectivity index (χ2v) is 6.05. The minimum absolute atomic E-state index is 0. The Hall–Kier alpha value is -0.660. The van der Waals surface area contributed by atoms with Crippen molar-refractivity contribution in [2.45, 2.75) is 25.9 Å². The largest absolute Gasteiger partial charge is 1.00 e. The van der Waals surface area contributed by atoms with Gasteiger partial charge in [0, 0.05) is 0 Å². The number of nitrogens with zero attached hydrogens (tertiary/aromatic N) is 1. The third-order valence-electron chi connectivity index (χ3n) is 4.12. The monoisotopic (exact) mass is 419 g/mol. The standard InChI is InChI=1S/C17H26NO3.HI/c1-18(10-6-3-7-11-18)12-13-21-17(19)15-20-14-16-8-4-2-5-9-16;/h2,4-5,8-9H,3,6-7,10-15H2,1H3;1H/q+1;/p-1. The number of benzene rings is 1. The predicted octanol–water partition coefficient (Wildman–Crippen LogP) is -0.619. The normalized spacial score (nSPS) is 16.6. The van der Waals surface area contributed by atoms with E-state index in [1.807, 2.05) is 30.3 Å². The zero-order valence-electron chi connectivity index (χ0n) is 13.3. The summed E-state index contributed by atoms with van der Waals surface area (Å²) in [4.78, 5) is 11.6. The Kier molecular flexibility index (Phi) is 8.97. The molecule has 0 bridgehead atoms. The van der Waals surface area contributed by atoms with E-state index in [-0.39, 0.29) is 36.6 Å².